The minimum Gasteiger partial charge on any atom is -0.338 e. The van der Waals surface area contributed by atoms with E-state index in [-0.39, 0.29) is 12.1 Å². The zero-order chi connectivity index (χ0) is 41.4. The molecule has 0 fully saturated rings. The highest BCUT2D eigenvalue weighted by atomic mass is 32.1. The summed E-state index contributed by atoms with van der Waals surface area (Å²) in [4.78, 5) is 2.66. The Morgan fingerprint density at radius 1 is 0.540 bits per heavy atom. The molecule has 0 spiro atoms. The van der Waals surface area contributed by atoms with Crippen LogP contribution in [0.5, 0.6) is 0 Å². The molecule has 2 unspecified atom stereocenters. The molecular weight excluding hydrogens is 781 g/mol. The number of hydrogen-bond donors (Lipinski definition) is 0. The summed E-state index contributed by atoms with van der Waals surface area (Å²) in [5.74, 6) is 0. The minimum absolute atomic E-state index is 0.0973. The maximum atomic E-state index is 2.66. The van der Waals surface area contributed by atoms with Crippen LogP contribution < -0.4 is 4.90 Å². The summed E-state index contributed by atoms with van der Waals surface area (Å²) >= 11 is 1.90. The Hall–Kier alpha value is -6.68. The number of nitrogens with zero attached hydrogens (tertiary/aromatic N) is 2. The van der Waals surface area contributed by atoms with Crippen molar-refractivity contribution in [1.82, 2.24) is 4.57 Å². The van der Waals surface area contributed by atoms with Crippen LogP contribution in [-0.4, -0.2) is 10.6 Å². The van der Waals surface area contributed by atoms with Crippen molar-refractivity contribution in [3.8, 4) is 0 Å². The summed E-state index contributed by atoms with van der Waals surface area (Å²) in [7, 11) is 0. The van der Waals surface area contributed by atoms with E-state index in [9.17, 15) is 0 Å². The predicted molar refractivity (Wildman–Crippen MR) is 271 cm³/mol. The number of fused-ring (bicyclic) bond motifs is 12. The number of benzene rings is 6. The number of anilines is 1. The van der Waals surface area contributed by atoms with Crippen molar-refractivity contribution in [2.75, 3.05) is 4.90 Å². The van der Waals surface area contributed by atoms with E-state index in [1.807, 2.05) is 11.3 Å². The molecule has 0 radical (unpaired) electrons. The highest BCUT2D eigenvalue weighted by Crippen LogP contribution is 2.48. The molecule has 0 amide bonds. The Labute approximate surface area is 373 Å². The van der Waals surface area contributed by atoms with Crippen LogP contribution in [0, 0.1) is 0 Å². The fourth-order valence-corrected chi connectivity index (χ4v) is 12.9. The van der Waals surface area contributed by atoms with E-state index in [0.717, 1.165) is 51.4 Å². The minimum atomic E-state index is 0.0973. The summed E-state index contributed by atoms with van der Waals surface area (Å²) in [6.45, 7) is 0. The van der Waals surface area contributed by atoms with Gasteiger partial charge in [0.2, 0.25) is 0 Å². The molecule has 8 aromatic rings. The summed E-state index contributed by atoms with van der Waals surface area (Å²) in [6, 6.07) is 43.8. The van der Waals surface area contributed by atoms with Crippen LogP contribution in [0.25, 0.3) is 71.4 Å². The van der Waals surface area contributed by atoms with Gasteiger partial charge in [-0.15, -0.1) is 11.3 Å². The number of para-hydroxylation sites is 2. The molecule has 2 atom stereocenters. The molecule has 304 valence electrons. The second-order valence-electron chi connectivity index (χ2n) is 17.9. The summed E-state index contributed by atoms with van der Waals surface area (Å²) in [5.41, 5.74) is 19.8. The number of rotatable bonds is 6. The fourth-order valence-electron chi connectivity index (χ4n) is 11.8. The highest BCUT2D eigenvalue weighted by Gasteiger charge is 2.31. The third-order valence-electron chi connectivity index (χ3n) is 14.6. The van der Waals surface area contributed by atoms with Crippen LogP contribution in [0.15, 0.2) is 170 Å². The largest absolute Gasteiger partial charge is 0.338 e. The second-order valence-corrected chi connectivity index (χ2v) is 19.0. The Kier molecular flexibility index (Phi) is 8.79. The first-order valence-electron chi connectivity index (χ1n) is 23.0. The SMILES string of the molecule is C1=CCCC(N(c2ccc(C3=CC=C(c4cccc5sc6ccccc6c45)CC3n3c4ccccc4c4ccccc43)cc2)C2C=Cc3c4c(c5c(c3C2)C=CCC5)CCC=C4)=C1. The van der Waals surface area contributed by atoms with Crippen molar-refractivity contribution in [2.45, 2.75) is 63.5 Å². The standard InChI is InChI=1S/C60H48N2S/c1-2-15-41(16-3-1)61(43-34-36-50-48-19-5-4-17-46(48)47-18-6-7-20-49(47)54(50)38-43)42-32-29-39(30-33-42)44-35-31-40(45-24-14-28-59-60(45)53-23-10-13-27-58(53)63-59)37-57(44)62-55-25-11-8-21-51(55)52-22-9-12-26-56(52)62/h1-2,5,7-15,19-36,43,57H,3-4,6,16-18,37-38H2. The third kappa shape index (κ3) is 5.97. The van der Waals surface area contributed by atoms with Crippen molar-refractivity contribution in [3.05, 3.63) is 214 Å². The van der Waals surface area contributed by atoms with E-state index in [0.29, 0.717) is 0 Å². The molecule has 2 nitrogen and oxygen atoms in total. The predicted octanol–water partition coefficient (Wildman–Crippen LogP) is 15.9. The number of thiophene rings is 1. The van der Waals surface area contributed by atoms with E-state index < -0.39 is 0 Å². The second kappa shape index (κ2) is 15.0. The first-order valence-corrected chi connectivity index (χ1v) is 23.8. The van der Waals surface area contributed by atoms with Crippen LogP contribution in [0.2, 0.25) is 0 Å². The first kappa shape index (κ1) is 36.9. The van der Waals surface area contributed by atoms with Crippen molar-refractivity contribution in [3.63, 3.8) is 0 Å². The van der Waals surface area contributed by atoms with Gasteiger partial charge in [-0.05, 0) is 149 Å². The molecule has 5 aliphatic carbocycles. The number of allylic oxidation sites excluding steroid dienone is 10. The molecule has 5 aliphatic rings. The molecule has 3 heteroatoms. The van der Waals surface area contributed by atoms with Gasteiger partial charge in [0.1, 0.15) is 0 Å². The Bertz CT molecular complexity index is 3350. The van der Waals surface area contributed by atoms with Crippen molar-refractivity contribution in [1.29, 1.82) is 0 Å². The van der Waals surface area contributed by atoms with Gasteiger partial charge in [-0.25, -0.2) is 0 Å². The van der Waals surface area contributed by atoms with Crippen LogP contribution >= 0.6 is 11.3 Å². The van der Waals surface area contributed by atoms with Gasteiger partial charge in [0.05, 0.1) is 12.1 Å². The third-order valence-corrected chi connectivity index (χ3v) is 15.7. The number of aromatic nitrogens is 1. The summed E-state index contributed by atoms with van der Waals surface area (Å²) < 4.78 is 5.34. The Morgan fingerprint density at radius 3 is 2.00 bits per heavy atom. The molecule has 63 heavy (non-hydrogen) atoms. The van der Waals surface area contributed by atoms with Gasteiger partial charge < -0.3 is 9.47 Å². The Morgan fingerprint density at radius 2 is 1.22 bits per heavy atom. The van der Waals surface area contributed by atoms with Gasteiger partial charge in [0.15, 0.2) is 0 Å². The van der Waals surface area contributed by atoms with Crippen LogP contribution in [-0.2, 0) is 19.3 Å². The van der Waals surface area contributed by atoms with Gasteiger partial charge >= 0.3 is 0 Å². The first-order chi connectivity index (χ1) is 31.3. The fraction of sp³-hybridized carbons (Fsp3) is 0.167. The monoisotopic (exact) mass is 828 g/mol. The van der Waals surface area contributed by atoms with Crippen LogP contribution in [0.3, 0.4) is 0 Å². The lowest BCUT2D eigenvalue weighted by Gasteiger charge is -2.38. The van der Waals surface area contributed by atoms with Crippen LogP contribution in [0.4, 0.5) is 5.69 Å². The Balaban J connectivity index is 0.935. The molecule has 0 saturated heterocycles. The molecule has 2 heterocycles. The topological polar surface area (TPSA) is 8.17 Å². The highest BCUT2D eigenvalue weighted by molar-refractivity contribution is 7.25. The molecule has 13 rings (SSSR count). The smallest absolute Gasteiger partial charge is 0.0638 e. The van der Waals surface area contributed by atoms with Gasteiger partial charge in [-0.2, -0.15) is 0 Å². The molecule has 6 aromatic carbocycles. The normalized spacial score (nSPS) is 19.0. The van der Waals surface area contributed by atoms with Crippen molar-refractivity contribution >= 4 is 88.4 Å². The lowest BCUT2D eigenvalue weighted by atomic mass is 9.76. The van der Waals surface area contributed by atoms with E-state index in [2.05, 4.69) is 192 Å². The molecule has 0 N–H and O–H groups in total. The van der Waals surface area contributed by atoms with E-state index >= 15 is 0 Å². The van der Waals surface area contributed by atoms with Crippen molar-refractivity contribution < 1.29 is 0 Å². The maximum absolute atomic E-state index is 2.66. The lowest BCUT2D eigenvalue weighted by molar-refractivity contribution is 0.674. The van der Waals surface area contributed by atoms with Gasteiger partial charge in [0, 0.05) is 53.4 Å². The van der Waals surface area contributed by atoms with Crippen LogP contribution in [0.1, 0.15) is 82.7 Å². The van der Waals surface area contributed by atoms with Gasteiger partial charge in [-0.3, -0.25) is 0 Å². The molecule has 0 bridgehead atoms. The molecule has 0 saturated carbocycles. The van der Waals surface area contributed by atoms with E-state index in [1.165, 1.54) is 97.9 Å². The average molecular weight is 829 g/mol. The average Bonchev–Trinajstić information content (AvgIpc) is 3.91. The molecular formula is C60H48N2S. The molecule has 2 aromatic heterocycles. The van der Waals surface area contributed by atoms with Gasteiger partial charge in [-0.1, -0.05) is 140 Å². The van der Waals surface area contributed by atoms with E-state index in [1.54, 1.807) is 11.1 Å². The maximum Gasteiger partial charge on any atom is 0.0638 e. The van der Waals surface area contributed by atoms with Crippen molar-refractivity contribution in [2.24, 2.45) is 0 Å². The number of hydrogen-bond acceptors (Lipinski definition) is 2. The molecule has 0 aliphatic heterocycles. The lowest BCUT2D eigenvalue weighted by Crippen LogP contribution is -2.37. The van der Waals surface area contributed by atoms with E-state index in [4.69, 9.17) is 0 Å². The van der Waals surface area contributed by atoms with Gasteiger partial charge in [0.25, 0.3) is 0 Å². The zero-order valence-corrected chi connectivity index (χ0v) is 36.3. The zero-order valence-electron chi connectivity index (χ0n) is 35.4. The summed E-state index contributed by atoms with van der Waals surface area (Å²) in [6.07, 6.45) is 35.0. The summed E-state index contributed by atoms with van der Waals surface area (Å²) in [5, 5.41) is 5.35. The quantitative estimate of drug-likeness (QED) is 0.162.